The highest BCUT2D eigenvalue weighted by Gasteiger charge is 2.18. The number of aliphatic hydroxyl groups excluding tert-OH is 1. The molecule has 2 heteroatoms. The SMILES string of the molecule is CC(c1ccccn1)C(O)c1ccccc1. The maximum absolute atomic E-state index is 10.2. The zero-order valence-electron chi connectivity index (χ0n) is 9.25. The molecular formula is C14H15NO. The summed E-state index contributed by atoms with van der Waals surface area (Å²) in [6, 6.07) is 15.4. The first-order valence-electron chi connectivity index (χ1n) is 5.43. The quantitative estimate of drug-likeness (QED) is 0.850. The average Bonchev–Trinajstić information content (AvgIpc) is 2.39. The van der Waals surface area contributed by atoms with Gasteiger partial charge in [-0.15, -0.1) is 0 Å². The molecule has 2 aromatic rings. The monoisotopic (exact) mass is 213 g/mol. The maximum Gasteiger partial charge on any atom is 0.0870 e. The Morgan fingerprint density at radius 1 is 1.00 bits per heavy atom. The lowest BCUT2D eigenvalue weighted by Crippen LogP contribution is -2.08. The first-order valence-corrected chi connectivity index (χ1v) is 5.43. The highest BCUT2D eigenvalue weighted by Crippen LogP contribution is 2.28. The molecule has 1 aromatic heterocycles. The Morgan fingerprint density at radius 3 is 2.31 bits per heavy atom. The summed E-state index contributed by atoms with van der Waals surface area (Å²) in [6.45, 7) is 1.99. The van der Waals surface area contributed by atoms with Gasteiger partial charge in [-0.2, -0.15) is 0 Å². The predicted octanol–water partition coefficient (Wildman–Crippen LogP) is 2.92. The van der Waals surface area contributed by atoms with Crippen LogP contribution in [0.15, 0.2) is 54.7 Å². The van der Waals surface area contributed by atoms with Crippen LogP contribution in [-0.4, -0.2) is 10.1 Å². The van der Waals surface area contributed by atoms with Crippen molar-refractivity contribution in [3.8, 4) is 0 Å². The smallest absolute Gasteiger partial charge is 0.0870 e. The van der Waals surface area contributed by atoms with Crippen LogP contribution in [0.25, 0.3) is 0 Å². The van der Waals surface area contributed by atoms with Gasteiger partial charge in [-0.25, -0.2) is 0 Å². The lowest BCUT2D eigenvalue weighted by molar-refractivity contribution is 0.150. The zero-order chi connectivity index (χ0) is 11.4. The molecule has 0 bridgehead atoms. The topological polar surface area (TPSA) is 33.1 Å². The van der Waals surface area contributed by atoms with Crippen molar-refractivity contribution >= 4 is 0 Å². The fourth-order valence-electron chi connectivity index (χ4n) is 1.75. The molecular weight excluding hydrogens is 198 g/mol. The summed E-state index contributed by atoms with van der Waals surface area (Å²) in [6.07, 6.45) is 1.25. The Kier molecular flexibility index (Phi) is 3.32. The van der Waals surface area contributed by atoms with Crippen molar-refractivity contribution in [2.45, 2.75) is 18.9 Å². The number of aliphatic hydroxyl groups is 1. The standard InChI is InChI=1S/C14H15NO/c1-11(13-9-5-6-10-15-13)14(16)12-7-3-2-4-8-12/h2-11,14,16H,1H3. The number of aromatic nitrogens is 1. The van der Waals surface area contributed by atoms with Crippen molar-refractivity contribution in [1.29, 1.82) is 0 Å². The minimum Gasteiger partial charge on any atom is -0.388 e. The number of nitrogens with zero attached hydrogens (tertiary/aromatic N) is 1. The van der Waals surface area contributed by atoms with Gasteiger partial charge in [0.1, 0.15) is 0 Å². The number of pyridine rings is 1. The molecule has 0 fully saturated rings. The van der Waals surface area contributed by atoms with Gasteiger partial charge < -0.3 is 5.11 Å². The summed E-state index contributed by atoms with van der Waals surface area (Å²) in [5.41, 5.74) is 1.85. The van der Waals surface area contributed by atoms with Gasteiger partial charge >= 0.3 is 0 Å². The molecule has 2 atom stereocenters. The van der Waals surface area contributed by atoms with Crippen LogP contribution >= 0.6 is 0 Å². The van der Waals surface area contributed by atoms with Crippen LogP contribution < -0.4 is 0 Å². The molecule has 0 spiro atoms. The maximum atomic E-state index is 10.2. The van der Waals surface area contributed by atoms with Gasteiger partial charge in [0.05, 0.1) is 6.10 Å². The third kappa shape index (κ3) is 2.28. The van der Waals surface area contributed by atoms with E-state index in [0.717, 1.165) is 11.3 Å². The summed E-state index contributed by atoms with van der Waals surface area (Å²) in [5.74, 6) is 0.00333. The van der Waals surface area contributed by atoms with E-state index in [1.807, 2.05) is 55.5 Å². The molecule has 0 aliphatic rings. The average molecular weight is 213 g/mol. The fourth-order valence-corrected chi connectivity index (χ4v) is 1.75. The molecule has 16 heavy (non-hydrogen) atoms. The van der Waals surface area contributed by atoms with E-state index in [-0.39, 0.29) is 5.92 Å². The summed E-state index contributed by atoms with van der Waals surface area (Å²) in [4.78, 5) is 4.27. The van der Waals surface area contributed by atoms with Crippen molar-refractivity contribution in [1.82, 2.24) is 4.98 Å². The van der Waals surface area contributed by atoms with Gasteiger partial charge in [-0.3, -0.25) is 4.98 Å². The minimum absolute atomic E-state index is 0.00333. The van der Waals surface area contributed by atoms with Crippen LogP contribution in [0, 0.1) is 0 Å². The van der Waals surface area contributed by atoms with E-state index in [1.54, 1.807) is 6.20 Å². The Morgan fingerprint density at radius 2 is 1.69 bits per heavy atom. The van der Waals surface area contributed by atoms with E-state index >= 15 is 0 Å². The van der Waals surface area contributed by atoms with E-state index in [4.69, 9.17) is 0 Å². The highest BCUT2D eigenvalue weighted by atomic mass is 16.3. The molecule has 0 aliphatic heterocycles. The van der Waals surface area contributed by atoms with Gasteiger partial charge in [0.2, 0.25) is 0 Å². The van der Waals surface area contributed by atoms with Crippen LogP contribution in [0.5, 0.6) is 0 Å². The van der Waals surface area contributed by atoms with E-state index in [0.29, 0.717) is 0 Å². The second-order valence-electron chi connectivity index (χ2n) is 3.90. The van der Waals surface area contributed by atoms with E-state index in [9.17, 15) is 5.11 Å². The van der Waals surface area contributed by atoms with Crippen LogP contribution in [0.3, 0.4) is 0 Å². The Balaban J connectivity index is 2.20. The molecule has 82 valence electrons. The molecule has 0 saturated heterocycles. The molecule has 2 unspecified atom stereocenters. The summed E-state index contributed by atoms with van der Waals surface area (Å²) in [7, 11) is 0. The van der Waals surface area contributed by atoms with E-state index < -0.39 is 6.10 Å². The summed E-state index contributed by atoms with van der Waals surface area (Å²) >= 11 is 0. The van der Waals surface area contributed by atoms with Gasteiger partial charge in [0, 0.05) is 17.8 Å². The molecule has 0 radical (unpaired) electrons. The third-order valence-corrected chi connectivity index (χ3v) is 2.77. The Bertz CT molecular complexity index is 384. The number of hydrogen-bond donors (Lipinski definition) is 1. The molecule has 1 heterocycles. The minimum atomic E-state index is -0.504. The predicted molar refractivity (Wildman–Crippen MR) is 64.1 cm³/mol. The van der Waals surface area contributed by atoms with Crippen LogP contribution in [0.1, 0.15) is 30.2 Å². The molecule has 2 nitrogen and oxygen atoms in total. The van der Waals surface area contributed by atoms with Crippen molar-refractivity contribution < 1.29 is 5.11 Å². The highest BCUT2D eigenvalue weighted by molar-refractivity contribution is 5.22. The summed E-state index contributed by atoms with van der Waals surface area (Å²) in [5, 5.41) is 10.2. The lowest BCUT2D eigenvalue weighted by atomic mass is 9.94. The second-order valence-corrected chi connectivity index (χ2v) is 3.90. The first kappa shape index (κ1) is 10.8. The number of hydrogen-bond acceptors (Lipinski definition) is 2. The first-order chi connectivity index (χ1) is 7.79. The normalized spacial score (nSPS) is 14.4. The van der Waals surface area contributed by atoms with Crippen molar-refractivity contribution in [3.63, 3.8) is 0 Å². The zero-order valence-corrected chi connectivity index (χ0v) is 9.25. The largest absolute Gasteiger partial charge is 0.388 e. The van der Waals surface area contributed by atoms with E-state index in [2.05, 4.69) is 4.98 Å². The van der Waals surface area contributed by atoms with Crippen molar-refractivity contribution in [3.05, 3.63) is 66.0 Å². The molecule has 0 saturated carbocycles. The summed E-state index contributed by atoms with van der Waals surface area (Å²) < 4.78 is 0. The van der Waals surface area contributed by atoms with Gasteiger partial charge in [-0.1, -0.05) is 43.3 Å². The number of rotatable bonds is 3. The molecule has 2 rings (SSSR count). The van der Waals surface area contributed by atoms with Crippen LogP contribution in [0.2, 0.25) is 0 Å². The number of benzene rings is 1. The fraction of sp³-hybridized carbons (Fsp3) is 0.214. The van der Waals surface area contributed by atoms with Gasteiger partial charge in [0.15, 0.2) is 0 Å². The molecule has 0 aliphatic carbocycles. The van der Waals surface area contributed by atoms with Gasteiger partial charge in [0.25, 0.3) is 0 Å². The van der Waals surface area contributed by atoms with Crippen molar-refractivity contribution in [2.75, 3.05) is 0 Å². The van der Waals surface area contributed by atoms with E-state index in [1.165, 1.54) is 0 Å². The Labute approximate surface area is 95.6 Å². The molecule has 1 aromatic carbocycles. The third-order valence-electron chi connectivity index (χ3n) is 2.77. The molecule has 1 N–H and O–H groups in total. The Hall–Kier alpha value is -1.67. The van der Waals surface area contributed by atoms with Crippen molar-refractivity contribution in [2.24, 2.45) is 0 Å². The van der Waals surface area contributed by atoms with Crippen LogP contribution in [-0.2, 0) is 0 Å². The lowest BCUT2D eigenvalue weighted by Gasteiger charge is -2.18. The second kappa shape index (κ2) is 4.90. The van der Waals surface area contributed by atoms with Gasteiger partial charge in [-0.05, 0) is 17.7 Å². The molecule has 0 amide bonds. The van der Waals surface area contributed by atoms with Crippen LogP contribution in [0.4, 0.5) is 0 Å².